The van der Waals surface area contributed by atoms with E-state index < -0.39 is 0 Å². The molecule has 0 saturated heterocycles. The first-order valence-corrected chi connectivity index (χ1v) is 8.01. The molecule has 0 unspecified atom stereocenters. The summed E-state index contributed by atoms with van der Waals surface area (Å²) in [5.74, 6) is 1.05. The van der Waals surface area contributed by atoms with Gasteiger partial charge in [0.05, 0.1) is 17.4 Å². The third-order valence-electron chi connectivity index (χ3n) is 3.75. The van der Waals surface area contributed by atoms with Crippen LogP contribution in [0.2, 0.25) is 0 Å². The molecule has 0 radical (unpaired) electrons. The van der Waals surface area contributed by atoms with Crippen LogP contribution in [0.25, 0.3) is 0 Å². The Morgan fingerprint density at radius 1 is 1.16 bits per heavy atom. The Kier molecular flexibility index (Phi) is 4.86. The molecule has 0 spiro atoms. The summed E-state index contributed by atoms with van der Waals surface area (Å²) in [7, 11) is 0. The second kappa shape index (κ2) is 7.41. The molecule has 25 heavy (non-hydrogen) atoms. The zero-order valence-electron chi connectivity index (χ0n) is 14.1. The van der Waals surface area contributed by atoms with Gasteiger partial charge in [-0.05, 0) is 43.7 Å². The Morgan fingerprint density at radius 3 is 2.76 bits per heavy atom. The lowest BCUT2D eigenvalue weighted by atomic mass is 10.2. The highest BCUT2D eigenvalue weighted by molar-refractivity contribution is 5.65. The van der Waals surface area contributed by atoms with Crippen molar-refractivity contribution >= 4 is 23.1 Å². The number of para-hydroxylation sites is 1. The molecular formula is C19H18N6. The summed E-state index contributed by atoms with van der Waals surface area (Å²) in [6.07, 6.45) is 1.63. The zero-order chi connectivity index (χ0) is 17.6. The third-order valence-corrected chi connectivity index (χ3v) is 3.75. The standard InChI is InChI=1S/C19H18N6/c1-3-25(16-9-6-7-14(2)11-16)18-13-21-24-19(23-18)22-17-10-5-4-8-15(17)12-20/h4-11,13H,3H2,1-2H3,(H,22,23,24). The van der Waals surface area contributed by atoms with Gasteiger partial charge in [-0.1, -0.05) is 24.3 Å². The number of aryl methyl sites for hydroxylation is 1. The molecule has 0 aliphatic carbocycles. The first-order chi connectivity index (χ1) is 12.2. The Hall–Kier alpha value is -3.46. The average molecular weight is 330 g/mol. The molecule has 6 nitrogen and oxygen atoms in total. The fraction of sp³-hybridized carbons (Fsp3) is 0.158. The van der Waals surface area contributed by atoms with Crippen LogP contribution < -0.4 is 10.2 Å². The molecular weight excluding hydrogens is 312 g/mol. The number of rotatable bonds is 5. The number of nitrogens with one attached hydrogen (secondary N) is 1. The summed E-state index contributed by atoms with van der Waals surface area (Å²) in [5.41, 5.74) is 3.41. The number of aromatic nitrogens is 3. The Labute approximate surface area is 146 Å². The van der Waals surface area contributed by atoms with E-state index in [-0.39, 0.29) is 0 Å². The van der Waals surface area contributed by atoms with E-state index in [1.807, 2.05) is 30.3 Å². The highest BCUT2D eigenvalue weighted by atomic mass is 15.3. The van der Waals surface area contributed by atoms with Crippen LogP contribution >= 0.6 is 0 Å². The van der Waals surface area contributed by atoms with Crippen molar-refractivity contribution in [2.45, 2.75) is 13.8 Å². The Morgan fingerprint density at radius 2 is 2.00 bits per heavy atom. The van der Waals surface area contributed by atoms with E-state index in [2.05, 4.69) is 57.4 Å². The highest BCUT2D eigenvalue weighted by Gasteiger charge is 2.11. The van der Waals surface area contributed by atoms with Crippen molar-refractivity contribution < 1.29 is 0 Å². The minimum atomic E-state index is 0.353. The summed E-state index contributed by atoms with van der Waals surface area (Å²) >= 11 is 0. The largest absolute Gasteiger partial charge is 0.325 e. The van der Waals surface area contributed by atoms with E-state index in [1.165, 1.54) is 5.56 Å². The van der Waals surface area contributed by atoms with Gasteiger partial charge in [-0.25, -0.2) is 0 Å². The van der Waals surface area contributed by atoms with E-state index in [0.29, 0.717) is 23.0 Å². The van der Waals surface area contributed by atoms with Crippen LogP contribution in [0, 0.1) is 18.3 Å². The van der Waals surface area contributed by atoms with E-state index in [9.17, 15) is 5.26 Å². The second-order valence-electron chi connectivity index (χ2n) is 5.50. The predicted octanol–water partition coefficient (Wildman–Crippen LogP) is 3.95. The third kappa shape index (κ3) is 3.72. The first kappa shape index (κ1) is 16.4. The lowest BCUT2D eigenvalue weighted by molar-refractivity contribution is 0.921. The molecule has 124 valence electrons. The number of benzene rings is 2. The molecule has 0 aliphatic rings. The maximum absolute atomic E-state index is 9.20. The lowest BCUT2D eigenvalue weighted by Gasteiger charge is -2.22. The van der Waals surface area contributed by atoms with Gasteiger partial charge >= 0.3 is 0 Å². The van der Waals surface area contributed by atoms with Crippen molar-refractivity contribution in [3.05, 3.63) is 65.9 Å². The molecule has 0 atom stereocenters. The van der Waals surface area contributed by atoms with Crippen LogP contribution in [0.1, 0.15) is 18.1 Å². The van der Waals surface area contributed by atoms with E-state index >= 15 is 0 Å². The summed E-state index contributed by atoms with van der Waals surface area (Å²) < 4.78 is 0. The van der Waals surface area contributed by atoms with Crippen LogP contribution in [-0.4, -0.2) is 21.7 Å². The van der Waals surface area contributed by atoms with Crippen LogP contribution in [0.4, 0.5) is 23.1 Å². The number of anilines is 4. The molecule has 0 aliphatic heterocycles. The molecule has 0 bridgehead atoms. The van der Waals surface area contributed by atoms with Gasteiger partial charge in [-0.2, -0.15) is 15.3 Å². The topological polar surface area (TPSA) is 77.7 Å². The van der Waals surface area contributed by atoms with Crippen molar-refractivity contribution in [2.24, 2.45) is 0 Å². The molecule has 1 heterocycles. The van der Waals surface area contributed by atoms with Crippen molar-refractivity contribution in [3.8, 4) is 6.07 Å². The number of nitriles is 1. The SMILES string of the molecule is CCN(c1cccc(C)c1)c1cnnc(Nc2ccccc2C#N)n1. The predicted molar refractivity (Wildman–Crippen MR) is 98.1 cm³/mol. The van der Waals surface area contributed by atoms with E-state index in [1.54, 1.807) is 12.3 Å². The normalized spacial score (nSPS) is 10.1. The molecule has 1 N–H and O–H groups in total. The van der Waals surface area contributed by atoms with E-state index in [0.717, 1.165) is 12.2 Å². The maximum Gasteiger partial charge on any atom is 0.249 e. The van der Waals surface area contributed by atoms with Gasteiger partial charge in [-0.3, -0.25) is 0 Å². The maximum atomic E-state index is 9.20. The smallest absolute Gasteiger partial charge is 0.249 e. The second-order valence-corrected chi connectivity index (χ2v) is 5.50. The summed E-state index contributed by atoms with van der Waals surface area (Å²) in [4.78, 5) is 6.61. The summed E-state index contributed by atoms with van der Waals surface area (Å²) in [5, 5.41) is 20.4. The minimum Gasteiger partial charge on any atom is -0.325 e. The number of hydrogen-bond acceptors (Lipinski definition) is 6. The van der Waals surface area contributed by atoms with Crippen molar-refractivity contribution in [3.63, 3.8) is 0 Å². The lowest BCUT2D eigenvalue weighted by Crippen LogP contribution is -2.18. The molecule has 6 heteroatoms. The minimum absolute atomic E-state index is 0.353. The van der Waals surface area contributed by atoms with Crippen molar-refractivity contribution in [1.29, 1.82) is 5.26 Å². The molecule has 3 aromatic rings. The molecule has 0 saturated carbocycles. The molecule has 2 aromatic carbocycles. The first-order valence-electron chi connectivity index (χ1n) is 8.01. The molecule has 0 amide bonds. The van der Waals surface area contributed by atoms with Gasteiger partial charge in [0.15, 0.2) is 5.82 Å². The average Bonchev–Trinajstić information content (AvgIpc) is 2.63. The molecule has 0 fully saturated rings. The number of nitrogens with zero attached hydrogens (tertiary/aromatic N) is 5. The van der Waals surface area contributed by atoms with Gasteiger partial charge in [0.1, 0.15) is 6.07 Å². The summed E-state index contributed by atoms with van der Waals surface area (Å²) in [6.45, 7) is 4.86. The van der Waals surface area contributed by atoms with Crippen LogP contribution in [0.15, 0.2) is 54.7 Å². The summed E-state index contributed by atoms with van der Waals surface area (Å²) in [6, 6.07) is 17.6. The zero-order valence-corrected chi connectivity index (χ0v) is 14.1. The Bertz CT molecular complexity index is 916. The monoisotopic (exact) mass is 330 g/mol. The number of hydrogen-bond donors (Lipinski definition) is 1. The van der Waals surface area contributed by atoms with Gasteiger partial charge in [-0.15, -0.1) is 5.10 Å². The van der Waals surface area contributed by atoms with Crippen molar-refractivity contribution in [1.82, 2.24) is 15.2 Å². The van der Waals surface area contributed by atoms with Gasteiger partial charge in [0, 0.05) is 12.2 Å². The van der Waals surface area contributed by atoms with E-state index in [4.69, 9.17) is 0 Å². The fourth-order valence-corrected chi connectivity index (χ4v) is 2.56. The van der Waals surface area contributed by atoms with Gasteiger partial charge in [0.2, 0.25) is 5.95 Å². The van der Waals surface area contributed by atoms with Gasteiger partial charge < -0.3 is 10.2 Å². The Balaban J connectivity index is 1.92. The molecule has 1 aromatic heterocycles. The van der Waals surface area contributed by atoms with Crippen LogP contribution in [0.3, 0.4) is 0 Å². The van der Waals surface area contributed by atoms with Crippen LogP contribution in [-0.2, 0) is 0 Å². The quantitative estimate of drug-likeness (QED) is 0.763. The van der Waals surface area contributed by atoms with Crippen LogP contribution in [0.5, 0.6) is 0 Å². The fourth-order valence-electron chi connectivity index (χ4n) is 2.56. The van der Waals surface area contributed by atoms with Crippen molar-refractivity contribution in [2.75, 3.05) is 16.8 Å². The van der Waals surface area contributed by atoms with Gasteiger partial charge in [0.25, 0.3) is 0 Å². The highest BCUT2D eigenvalue weighted by Crippen LogP contribution is 2.25. The molecule has 3 rings (SSSR count).